The van der Waals surface area contributed by atoms with E-state index in [0.29, 0.717) is 16.8 Å². The molecule has 1 aliphatic heterocycles. The predicted molar refractivity (Wildman–Crippen MR) is 96.5 cm³/mol. The molecule has 0 spiro atoms. The number of fused-ring (bicyclic) bond motifs is 1. The molecule has 0 bridgehead atoms. The second kappa shape index (κ2) is 5.52. The van der Waals surface area contributed by atoms with Crippen molar-refractivity contribution in [3.05, 3.63) is 63.6 Å². The molecular weight excluding hydrogens is 384 g/mol. The van der Waals surface area contributed by atoms with Gasteiger partial charge in [-0.05, 0) is 48.7 Å². The second-order valence-electron chi connectivity index (χ2n) is 6.47. The molecule has 25 heavy (non-hydrogen) atoms. The molecule has 6 heteroatoms. The molecule has 0 radical (unpaired) electrons. The lowest BCUT2D eigenvalue weighted by Gasteiger charge is -2.16. The van der Waals surface area contributed by atoms with Gasteiger partial charge in [0.2, 0.25) is 5.91 Å². The van der Waals surface area contributed by atoms with Crippen molar-refractivity contribution in [3.63, 3.8) is 0 Å². The SMILES string of the molecule is CN1C(=O)c2ccc(NC(=O)C3(c4ccc(Br)cc4)CC3)cc2C1=O. The molecule has 1 N–H and O–H groups in total. The highest BCUT2D eigenvalue weighted by molar-refractivity contribution is 9.10. The van der Waals surface area contributed by atoms with Crippen LogP contribution in [-0.4, -0.2) is 29.7 Å². The maximum absolute atomic E-state index is 12.8. The summed E-state index contributed by atoms with van der Waals surface area (Å²) in [6.07, 6.45) is 1.59. The summed E-state index contributed by atoms with van der Waals surface area (Å²) in [6, 6.07) is 12.6. The van der Waals surface area contributed by atoms with Crippen LogP contribution in [0.15, 0.2) is 46.9 Å². The van der Waals surface area contributed by atoms with E-state index in [1.807, 2.05) is 24.3 Å². The van der Waals surface area contributed by atoms with Gasteiger partial charge >= 0.3 is 0 Å². The monoisotopic (exact) mass is 398 g/mol. The fraction of sp³-hybridized carbons (Fsp3) is 0.211. The molecule has 0 unspecified atom stereocenters. The number of benzene rings is 2. The summed E-state index contributed by atoms with van der Waals surface area (Å²) in [4.78, 5) is 37.9. The number of carbonyl (C=O) groups is 3. The largest absolute Gasteiger partial charge is 0.325 e. The summed E-state index contributed by atoms with van der Waals surface area (Å²) < 4.78 is 0.971. The van der Waals surface area contributed by atoms with Crippen molar-refractivity contribution in [2.45, 2.75) is 18.3 Å². The highest BCUT2D eigenvalue weighted by Gasteiger charge is 2.51. The quantitative estimate of drug-likeness (QED) is 0.806. The van der Waals surface area contributed by atoms with Crippen LogP contribution in [0, 0.1) is 0 Å². The van der Waals surface area contributed by atoms with Gasteiger partial charge in [0.15, 0.2) is 0 Å². The van der Waals surface area contributed by atoms with Crippen LogP contribution in [0.4, 0.5) is 5.69 Å². The van der Waals surface area contributed by atoms with Crippen LogP contribution < -0.4 is 5.32 Å². The Kier molecular flexibility index (Phi) is 3.54. The average molecular weight is 399 g/mol. The minimum atomic E-state index is -0.504. The first-order valence-corrected chi connectivity index (χ1v) is 8.76. The molecule has 126 valence electrons. The van der Waals surface area contributed by atoms with Gasteiger partial charge < -0.3 is 5.32 Å². The van der Waals surface area contributed by atoms with E-state index in [0.717, 1.165) is 27.8 Å². The van der Waals surface area contributed by atoms with Gasteiger partial charge in [0.25, 0.3) is 11.8 Å². The Bertz CT molecular complexity index is 917. The lowest BCUT2D eigenvalue weighted by Crippen LogP contribution is -2.27. The van der Waals surface area contributed by atoms with Crippen molar-refractivity contribution >= 4 is 39.3 Å². The fourth-order valence-electron chi connectivity index (χ4n) is 3.23. The Morgan fingerprint density at radius 1 is 1.04 bits per heavy atom. The number of imide groups is 1. The Hall–Kier alpha value is -2.47. The topological polar surface area (TPSA) is 66.5 Å². The number of amides is 3. The minimum Gasteiger partial charge on any atom is -0.325 e. The minimum absolute atomic E-state index is 0.0834. The summed E-state index contributed by atoms with van der Waals surface area (Å²) >= 11 is 3.40. The molecule has 0 saturated heterocycles. The van der Waals surface area contributed by atoms with Crippen LogP contribution in [0.25, 0.3) is 0 Å². The molecular formula is C19H15BrN2O3. The Labute approximate surface area is 153 Å². The molecule has 0 atom stereocenters. The molecule has 2 aliphatic rings. The van der Waals surface area contributed by atoms with E-state index in [1.165, 1.54) is 7.05 Å². The summed E-state index contributed by atoms with van der Waals surface area (Å²) in [5.41, 5.74) is 1.72. The first kappa shape index (κ1) is 16.0. The highest BCUT2D eigenvalue weighted by Crippen LogP contribution is 2.49. The summed E-state index contributed by atoms with van der Waals surface area (Å²) in [5, 5.41) is 2.91. The van der Waals surface area contributed by atoms with Gasteiger partial charge in [-0.25, -0.2) is 0 Å². The Morgan fingerprint density at radius 3 is 2.32 bits per heavy atom. The van der Waals surface area contributed by atoms with Gasteiger partial charge in [-0.2, -0.15) is 0 Å². The molecule has 2 aromatic carbocycles. The molecule has 1 heterocycles. The van der Waals surface area contributed by atoms with Crippen LogP contribution in [0.3, 0.4) is 0 Å². The van der Waals surface area contributed by atoms with E-state index in [1.54, 1.807) is 18.2 Å². The number of nitrogens with one attached hydrogen (secondary N) is 1. The first-order valence-electron chi connectivity index (χ1n) is 7.96. The second-order valence-corrected chi connectivity index (χ2v) is 7.39. The molecule has 0 aromatic heterocycles. The van der Waals surface area contributed by atoms with Crippen molar-refractivity contribution in [2.24, 2.45) is 0 Å². The summed E-state index contributed by atoms with van der Waals surface area (Å²) in [6.45, 7) is 0. The lowest BCUT2D eigenvalue weighted by molar-refractivity contribution is -0.118. The van der Waals surface area contributed by atoms with Gasteiger partial charge in [0.1, 0.15) is 0 Å². The number of carbonyl (C=O) groups excluding carboxylic acids is 3. The number of hydrogen-bond donors (Lipinski definition) is 1. The van der Waals surface area contributed by atoms with E-state index >= 15 is 0 Å². The highest BCUT2D eigenvalue weighted by atomic mass is 79.9. The van der Waals surface area contributed by atoms with Gasteiger partial charge in [0, 0.05) is 17.2 Å². The average Bonchev–Trinajstić information content (AvgIpc) is 3.39. The van der Waals surface area contributed by atoms with Crippen molar-refractivity contribution in [3.8, 4) is 0 Å². The van der Waals surface area contributed by atoms with Crippen molar-refractivity contribution < 1.29 is 14.4 Å². The standard InChI is InChI=1S/C19H15BrN2O3/c1-22-16(23)14-7-6-13(10-15(14)17(22)24)21-18(25)19(8-9-19)11-2-4-12(20)5-3-11/h2-7,10H,8-9H2,1H3,(H,21,25). The zero-order chi connectivity index (χ0) is 17.8. The number of halogens is 1. The van der Waals surface area contributed by atoms with Crippen LogP contribution in [-0.2, 0) is 10.2 Å². The van der Waals surface area contributed by atoms with Gasteiger partial charge in [-0.1, -0.05) is 28.1 Å². The Morgan fingerprint density at radius 2 is 1.68 bits per heavy atom. The van der Waals surface area contributed by atoms with E-state index in [2.05, 4.69) is 21.2 Å². The third kappa shape index (κ3) is 2.48. The number of anilines is 1. The maximum atomic E-state index is 12.8. The van der Waals surface area contributed by atoms with Crippen LogP contribution in [0.1, 0.15) is 39.1 Å². The van der Waals surface area contributed by atoms with Crippen LogP contribution in [0.2, 0.25) is 0 Å². The maximum Gasteiger partial charge on any atom is 0.261 e. The number of nitrogens with zero attached hydrogens (tertiary/aromatic N) is 1. The smallest absolute Gasteiger partial charge is 0.261 e. The van der Waals surface area contributed by atoms with E-state index < -0.39 is 5.41 Å². The van der Waals surface area contributed by atoms with Crippen molar-refractivity contribution in [1.29, 1.82) is 0 Å². The molecule has 5 nitrogen and oxygen atoms in total. The molecule has 4 rings (SSSR count). The molecule has 2 aromatic rings. The third-order valence-corrected chi connectivity index (χ3v) is 5.46. The summed E-state index contributed by atoms with van der Waals surface area (Å²) in [5.74, 6) is -0.739. The normalized spacial score (nSPS) is 17.4. The Balaban J connectivity index is 1.59. The third-order valence-electron chi connectivity index (χ3n) is 4.93. The van der Waals surface area contributed by atoms with Gasteiger partial charge in [-0.15, -0.1) is 0 Å². The first-order chi connectivity index (χ1) is 11.9. The molecule has 1 fully saturated rings. The number of hydrogen-bond acceptors (Lipinski definition) is 3. The molecule has 3 amide bonds. The fourth-order valence-corrected chi connectivity index (χ4v) is 3.49. The van der Waals surface area contributed by atoms with Gasteiger partial charge in [0.05, 0.1) is 16.5 Å². The lowest BCUT2D eigenvalue weighted by atomic mass is 9.95. The predicted octanol–water partition coefficient (Wildman–Crippen LogP) is 3.35. The van der Waals surface area contributed by atoms with Crippen molar-refractivity contribution in [1.82, 2.24) is 4.90 Å². The van der Waals surface area contributed by atoms with E-state index in [9.17, 15) is 14.4 Å². The molecule has 1 aliphatic carbocycles. The zero-order valence-corrected chi connectivity index (χ0v) is 15.1. The zero-order valence-electron chi connectivity index (χ0n) is 13.5. The van der Waals surface area contributed by atoms with E-state index in [4.69, 9.17) is 0 Å². The van der Waals surface area contributed by atoms with Crippen LogP contribution >= 0.6 is 15.9 Å². The number of rotatable bonds is 3. The van der Waals surface area contributed by atoms with Crippen molar-refractivity contribution in [2.75, 3.05) is 12.4 Å². The van der Waals surface area contributed by atoms with E-state index in [-0.39, 0.29) is 17.7 Å². The molecule has 1 saturated carbocycles. The van der Waals surface area contributed by atoms with Crippen LogP contribution in [0.5, 0.6) is 0 Å². The summed E-state index contributed by atoms with van der Waals surface area (Å²) in [7, 11) is 1.45. The van der Waals surface area contributed by atoms with Gasteiger partial charge in [-0.3, -0.25) is 19.3 Å².